The molecule has 27 heavy (non-hydrogen) atoms. The number of amides is 1. The van der Waals surface area contributed by atoms with Crippen molar-refractivity contribution >= 4 is 17.4 Å². The van der Waals surface area contributed by atoms with Crippen molar-refractivity contribution in [1.29, 1.82) is 0 Å². The maximum atomic E-state index is 13.9. The monoisotopic (exact) mass is 369 g/mol. The molecule has 0 saturated carbocycles. The van der Waals surface area contributed by atoms with Crippen LogP contribution in [0.5, 0.6) is 0 Å². The highest BCUT2D eigenvalue weighted by atomic mass is 19.1. The summed E-state index contributed by atoms with van der Waals surface area (Å²) in [6, 6.07) is 9.91. The first-order chi connectivity index (χ1) is 12.9. The quantitative estimate of drug-likeness (QED) is 0.713. The van der Waals surface area contributed by atoms with Crippen LogP contribution in [0.3, 0.4) is 0 Å². The van der Waals surface area contributed by atoms with Crippen LogP contribution in [0.2, 0.25) is 0 Å². The van der Waals surface area contributed by atoms with Crippen LogP contribution in [0, 0.1) is 18.7 Å². The van der Waals surface area contributed by atoms with E-state index >= 15 is 0 Å². The van der Waals surface area contributed by atoms with Gasteiger partial charge in [-0.1, -0.05) is 37.6 Å². The predicted molar refractivity (Wildman–Crippen MR) is 102 cm³/mol. The van der Waals surface area contributed by atoms with Gasteiger partial charge in [0.15, 0.2) is 5.78 Å². The average Bonchev–Trinajstić information content (AvgIpc) is 3.03. The summed E-state index contributed by atoms with van der Waals surface area (Å²) in [6.07, 6.45) is 0.878. The van der Waals surface area contributed by atoms with Gasteiger partial charge in [-0.3, -0.25) is 9.59 Å². The molecule has 0 spiro atoms. The molecule has 142 valence electrons. The highest BCUT2D eigenvalue weighted by Gasteiger charge is 2.28. The molecule has 1 heterocycles. The first-order valence-electron chi connectivity index (χ1n) is 9.30. The summed E-state index contributed by atoms with van der Waals surface area (Å²) in [5.74, 6) is -0.900. The van der Waals surface area contributed by atoms with Crippen LogP contribution in [0.1, 0.15) is 59.3 Å². The van der Waals surface area contributed by atoms with Crippen molar-refractivity contribution in [3.8, 4) is 0 Å². The van der Waals surface area contributed by atoms with E-state index in [4.69, 9.17) is 0 Å². The van der Waals surface area contributed by atoms with Crippen LogP contribution in [-0.4, -0.2) is 16.8 Å². The Hall–Kier alpha value is -2.53. The minimum Gasteiger partial charge on any atom is -0.388 e. The fourth-order valence-corrected chi connectivity index (χ4v) is 3.80. The van der Waals surface area contributed by atoms with Crippen LogP contribution in [-0.2, 0) is 11.2 Å². The van der Waals surface area contributed by atoms with Gasteiger partial charge in [0.05, 0.1) is 12.5 Å². The predicted octanol–water partition coefficient (Wildman–Crippen LogP) is 4.35. The summed E-state index contributed by atoms with van der Waals surface area (Å²) in [5.41, 5.74) is 2.86. The van der Waals surface area contributed by atoms with Gasteiger partial charge in [-0.15, -0.1) is 0 Å². The molecule has 0 fully saturated rings. The largest absolute Gasteiger partial charge is 0.388 e. The fourth-order valence-electron chi connectivity index (χ4n) is 3.80. The molecule has 1 aliphatic heterocycles. The summed E-state index contributed by atoms with van der Waals surface area (Å²) in [6.45, 7) is 3.63. The lowest BCUT2D eigenvalue weighted by Gasteiger charge is -2.24. The molecule has 0 radical (unpaired) electrons. The van der Waals surface area contributed by atoms with Crippen molar-refractivity contribution < 1.29 is 19.1 Å². The molecule has 3 rings (SSSR count). The standard InChI is InChI=1S/C22H24FNO3/c1-3-6-14(22(27)15-7-4-9-18(23)13(15)2)11-20(25)16-8-5-10-19-17(16)12-21(26)24-19/h4-5,7-10,14,22,27H,3,6,11-12H2,1-2H3,(H,24,26)/t14-,22+/m0/s1. The number of hydrogen-bond donors (Lipinski definition) is 2. The number of halogens is 1. The number of nitrogens with one attached hydrogen (secondary N) is 1. The van der Waals surface area contributed by atoms with Gasteiger partial charge >= 0.3 is 0 Å². The van der Waals surface area contributed by atoms with Gasteiger partial charge in [-0.05, 0) is 48.1 Å². The molecular weight excluding hydrogens is 345 g/mol. The molecule has 0 unspecified atom stereocenters. The number of benzene rings is 2. The molecule has 0 aromatic heterocycles. The number of rotatable bonds is 7. The lowest BCUT2D eigenvalue weighted by Crippen LogP contribution is -2.19. The summed E-state index contributed by atoms with van der Waals surface area (Å²) >= 11 is 0. The molecule has 4 nitrogen and oxygen atoms in total. The molecule has 2 aromatic carbocycles. The number of carbonyl (C=O) groups is 2. The van der Waals surface area contributed by atoms with E-state index in [1.807, 2.05) is 6.92 Å². The van der Waals surface area contributed by atoms with E-state index in [2.05, 4.69) is 5.32 Å². The van der Waals surface area contributed by atoms with Crippen molar-refractivity contribution in [2.24, 2.45) is 5.92 Å². The summed E-state index contributed by atoms with van der Waals surface area (Å²) < 4.78 is 13.9. The van der Waals surface area contributed by atoms with E-state index in [-0.39, 0.29) is 36.3 Å². The van der Waals surface area contributed by atoms with Crippen LogP contribution in [0.25, 0.3) is 0 Å². The number of ketones is 1. The third-order valence-corrected chi connectivity index (χ3v) is 5.27. The SMILES string of the molecule is CCC[C@@H](CC(=O)c1cccc2c1CC(=O)N2)[C@@H](O)c1cccc(F)c1C. The Morgan fingerprint density at radius 1 is 1.26 bits per heavy atom. The molecule has 2 atom stereocenters. The highest BCUT2D eigenvalue weighted by Crippen LogP contribution is 2.34. The zero-order chi connectivity index (χ0) is 19.6. The Bertz CT molecular complexity index is 878. The van der Waals surface area contributed by atoms with Gasteiger partial charge < -0.3 is 10.4 Å². The molecule has 5 heteroatoms. The number of anilines is 1. The summed E-state index contributed by atoms with van der Waals surface area (Å²) in [5, 5.41) is 13.6. The third kappa shape index (κ3) is 3.93. The Morgan fingerprint density at radius 3 is 2.74 bits per heavy atom. The van der Waals surface area contributed by atoms with Crippen molar-refractivity contribution in [3.63, 3.8) is 0 Å². The lowest BCUT2D eigenvalue weighted by atomic mass is 9.84. The normalized spacial score (nSPS) is 15.2. The number of aliphatic hydroxyl groups is 1. The fraction of sp³-hybridized carbons (Fsp3) is 0.364. The Balaban J connectivity index is 1.85. The molecule has 2 N–H and O–H groups in total. The number of Topliss-reactive ketones (excluding diaryl/α,β-unsaturated/α-hetero) is 1. The summed E-state index contributed by atoms with van der Waals surface area (Å²) in [7, 11) is 0. The zero-order valence-corrected chi connectivity index (χ0v) is 15.6. The van der Waals surface area contributed by atoms with Crippen molar-refractivity contribution in [2.45, 2.75) is 45.6 Å². The van der Waals surface area contributed by atoms with Gasteiger partial charge in [-0.25, -0.2) is 4.39 Å². The Morgan fingerprint density at radius 2 is 2.00 bits per heavy atom. The smallest absolute Gasteiger partial charge is 0.228 e. The van der Waals surface area contributed by atoms with E-state index in [9.17, 15) is 19.1 Å². The number of aliphatic hydroxyl groups excluding tert-OH is 1. The van der Waals surface area contributed by atoms with Gasteiger partial charge in [-0.2, -0.15) is 0 Å². The number of hydrogen-bond acceptors (Lipinski definition) is 3. The third-order valence-electron chi connectivity index (χ3n) is 5.27. The molecule has 1 aliphatic rings. The van der Waals surface area contributed by atoms with Crippen LogP contribution >= 0.6 is 0 Å². The van der Waals surface area contributed by atoms with Crippen LogP contribution in [0.4, 0.5) is 10.1 Å². The lowest BCUT2D eigenvalue weighted by molar-refractivity contribution is -0.115. The maximum Gasteiger partial charge on any atom is 0.228 e. The number of fused-ring (bicyclic) bond motifs is 1. The second kappa shape index (κ2) is 8.01. The van der Waals surface area contributed by atoms with Gasteiger partial charge in [0, 0.05) is 17.7 Å². The average molecular weight is 369 g/mol. The van der Waals surface area contributed by atoms with Crippen molar-refractivity contribution in [1.82, 2.24) is 0 Å². The van der Waals surface area contributed by atoms with Gasteiger partial charge in [0.1, 0.15) is 5.82 Å². The Kier molecular flexibility index (Phi) is 5.71. The molecule has 0 aliphatic carbocycles. The maximum absolute atomic E-state index is 13.9. The second-order valence-electron chi connectivity index (χ2n) is 7.13. The van der Waals surface area contributed by atoms with Gasteiger partial charge in [0.25, 0.3) is 0 Å². The van der Waals surface area contributed by atoms with E-state index in [0.717, 1.165) is 12.0 Å². The first kappa shape index (κ1) is 19.2. The van der Waals surface area contributed by atoms with Crippen LogP contribution < -0.4 is 5.32 Å². The van der Waals surface area contributed by atoms with E-state index in [1.165, 1.54) is 6.07 Å². The van der Waals surface area contributed by atoms with E-state index in [1.54, 1.807) is 37.3 Å². The van der Waals surface area contributed by atoms with Crippen molar-refractivity contribution in [2.75, 3.05) is 5.32 Å². The van der Waals surface area contributed by atoms with Gasteiger partial charge in [0.2, 0.25) is 5.91 Å². The molecule has 2 aromatic rings. The second-order valence-corrected chi connectivity index (χ2v) is 7.13. The van der Waals surface area contributed by atoms with E-state index in [0.29, 0.717) is 28.8 Å². The minimum atomic E-state index is -0.916. The summed E-state index contributed by atoms with van der Waals surface area (Å²) in [4.78, 5) is 24.6. The molecule has 0 saturated heterocycles. The highest BCUT2D eigenvalue weighted by molar-refractivity contribution is 6.06. The minimum absolute atomic E-state index is 0.102. The first-order valence-corrected chi connectivity index (χ1v) is 9.30. The molecule has 0 bridgehead atoms. The van der Waals surface area contributed by atoms with E-state index < -0.39 is 6.10 Å². The van der Waals surface area contributed by atoms with Crippen molar-refractivity contribution in [3.05, 3.63) is 64.5 Å². The molecular formula is C22H24FNO3. The molecule has 1 amide bonds. The van der Waals surface area contributed by atoms with Crippen LogP contribution in [0.15, 0.2) is 36.4 Å². The topological polar surface area (TPSA) is 66.4 Å². The number of carbonyl (C=O) groups excluding carboxylic acids is 2. The Labute approximate surface area is 158 Å². The zero-order valence-electron chi connectivity index (χ0n) is 15.6.